The van der Waals surface area contributed by atoms with E-state index in [2.05, 4.69) is 15.9 Å². The summed E-state index contributed by atoms with van der Waals surface area (Å²) in [6.07, 6.45) is 7.99. The Kier molecular flexibility index (Phi) is 5.00. The van der Waals surface area contributed by atoms with Crippen LogP contribution in [-0.2, 0) is 11.2 Å². The zero-order valence-corrected chi connectivity index (χ0v) is 15.1. The summed E-state index contributed by atoms with van der Waals surface area (Å²) in [5, 5.41) is 1.00. The van der Waals surface area contributed by atoms with Crippen molar-refractivity contribution in [2.24, 2.45) is 5.92 Å². The van der Waals surface area contributed by atoms with E-state index in [0.29, 0.717) is 18.8 Å². The van der Waals surface area contributed by atoms with Crippen molar-refractivity contribution in [2.45, 2.75) is 51.9 Å². The van der Waals surface area contributed by atoms with Crippen LogP contribution in [0.5, 0.6) is 0 Å². The Bertz CT molecular complexity index is 741. The molecule has 1 saturated carbocycles. The Hall–Kier alpha value is -1.42. The molecule has 3 nitrogen and oxygen atoms in total. The Morgan fingerprint density at radius 2 is 2.04 bits per heavy atom. The summed E-state index contributed by atoms with van der Waals surface area (Å²) in [5.41, 5.74) is 2.79. The van der Waals surface area contributed by atoms with Crippen LogP contribution in [0.2, 0.25) is 0 Å². The number of hydrogen-bond acceptors (Lipinski definition) is 2. The van der Waals surface area contributed by atoms with Crippen LogP contribution in [0.4, 0.5) is 0 Å². The van der Waals surface area contributed by atoms with Crippen LogP contribution in [0.25, 0.3) is 10.9 Å². The lowest BCUT2D eigenvalue weighted by atomic mass is 9.87. The van der Waals surface area contributed by atoms with Crippen LogP contribution >= 0.6 is 15.9 Å². The van der Waals surface area contributed by atoms with Crippen LogP contribution < -0.4 is 0 Å². The van der Waals surface area contributed by atoms with Gasteiger partial charge >= 0.3 is 0 Å². The zero-order valence-electron chi connectivity index (χ0n) is 13.5. The number of benzene rings is 1. The van der Waals surface area contributed by atoms with Gasteiger partial charge in [-0.15, -0.1) is 0 Å². The molecule has 0 radical (unpaired) electrons. The first kappa shape index (κ1) is 16.4. The van der Waals surface area contributed by atoms with Crippen molar-refractivity contribution < 1.29 is 9.59 Å². The lowest BCUT2D eigenvalue weighted by molar-refractivity contribution is -0.107. The second-order valence-electron chi connectivity index (χ2n) is 6.53. The molecule has 0 amide bonds. The molecular formula is C19H22BrNO2. The fourth-order valence-corrected chi connectivity index (χ4v) is 4.21. The SMILES string of the molecule is Cc1c(CC=O)c2cc(Br)ccc2n1C(=O)CC1CCCCC1. The molecule has 1 fully saturated rings. The summed E-state index contributed by atoms with van der Waals surface area (Å²) in [7, 11) is 0. The van der Waals surface area contributed by atoms with E-state index in [-0.39, 0.29) is 5.91 Å². The van der Waals surface area contributed by atoms with Crippen molar-refractivity contribution in [2.75, 3.05) is 0 Å². The highest BCUT2D eigenvalue weighted by atomic mass is 79.9. The molecule has 0 aliphatic heterocycles. The number of aldehydes is 1. The Balaban J connectivity index is 2.00. The first-order valence-corrected chi connectivity index (χ1v) is 9.17. The highest BCUT2D eigenvalue weighted by Gasteiger charge is 2.22. The molecule has 122 valence electrons. The maximum atomic E-state index is 12.9. The smallest absolute Gasteiger partial charge is 0.231 e. The van der Waals surface area contributed by atoms with Crippen molar-refractivity contribution in [3.63, 3.8) is 0 Å². The van der Waals surface area contributed by atoms with Gasteiger partial charge in [-0.2, -0.15) is 0 Å². The topological polar surface area (TPSA) is 39.1 Å². The van der Waals surface area contributed by atoms with Gasteiger partial charge in [-0.1, -0.05) is 35.2 Å². The molecular weight excluding hydrogens is 354 g/mol. The molecule has 23 heavy (non-hydrogen) atoms. The Morgan fingerprint density at radius 1 is 1.30 bits per heavy atom. The third kappa shape index (κ3) is 3.27. The second kappa shape index (κ2) is 7.00. The fourth-order valence-electron chi connectivity index (χ4n) is 3.85. The summed E-state index contributed by atoms with van der Waals surface area (Å²) in [6, 6.07) is 5.93. The standard InChI is InChI=1S/C19H22BrNO2/c1-13-16(9-10-22)17-12-15(20)7-8-18(17)21(13)19(23)11-14-5-3-2-4-6-14/h7-8,10,12,14H,2-6,9,11H2,1H3. The molecule has 0 atom stereocenters. The molecule has 1 heterocycles. The van der Waals surface area contributed by atoms with Gasteiger partial charge in [0.15, 0.2) is 0 Å². The number of rotatable bonds is 4. The minimum atomic E-state index is 0.166. The van der Waals surface area contributed by atoms with Gasteiger partial charge in [0.05, 0.1) is 5.52 Å². The van der Waals surface area contributed by atoms with E-state index >= 15 is 0 Å². The third-order valence-electron chi connectivity index (χ3n) is 5.02. The van der Waals surface area contributed by atoms with E-state index in [1.807, 2.05) is 29.7 Å². The molecule has 0 saturated heterocycles. The minimum Gasteiger partial charge on any atom is -0.303 e. The molecule has 1 aromatic carbocycles. The molecule has 1 aromatic heterocycles. The van der Waals surface area contributed by atoms with Crippen LogP contribution in [0.1, 0.15) is 54.6 Å². The van der Waals surface area contributed by atoms with Crippen LogP contribution in [0, 0.1) is 12.8 Å². The summed E-state index contributed by atoms with van der Waals surface area (Å²) in [6.45, 7) is 1.95. The van der Waals surface area contributed by atoms with Gasteiger partial charge in [0.1, 0.15) is 6.29 Å². The van der Waals surface area contributed by atoms with Crippen molar-refractivity contribution in [3.8, 4) is 0 Å². The van der Waals surface area contributed by atoms with Crippen molar-refractivity contribution in [3.05, 3.63) is 33.9 Å². The summed E-state index contributed by atoms with van der Waals surface area (Å²) >= 11 is 3.49. The predicted molar refractivity (Wildman–Crippen MR) is 96.0 cm³/mol. The number of hydrogen-bond donors (Lipinski definition) is 0. The zero-order chi connectivity index (χ0) is 16.4. The van der Waals surface area contributed by atoms with Crippen molar-refractivity contribution in [1.29, 1.82) is 0 Å². The van der Waals surface area contributed by atoms with Gasteiger partial charge in [0.2, 0.25) is 5.91 Å². The highest BCUT2D eigenvalue weighted by Crippen LogP contribution is 2.31. The van der Waals surface area contributed by atoms with E-state index in [1.54, 1.807) is 0 Å². The molecule has 0 spiro atoms. The van der Waals surface area contributed by atoms with Crippen LogP contribution in [0.15, 0.2) is 22.7 Å². The van der Waals surface area contributed by atoms with Gasteiger partial charge in [-0.3, -0.25) is 9.36 Å². The van der Waals surface area contributed by atoms with Crippen molar-refractivity contribution >= 4 is 39.0 Å². The highest BCUT2D eigenvalue weighted by molar-refractivity contribution is 9.10. The number of halogens is 1. The monoisotopic (exact) mass is 375 g/mol. The normalized spacial score (nSPS) is 15.9. The maximum absolute atomic E-state index is 12.9. The van der Waals surface area contributed by atoms with Crippen LogP contribution in [-0.4, -0.2) is 16.8 Å². The largest absolute Gasteiger partial charge is 0.303 e. The van der Waals surface area contributed by atoms with E-state index in [9.17, 15) is 9.59 Å². The predicted octanol–water partition coefficient (Wildman–Crippen LogP) is 5.06. The average Bonchev–Trinajstić information content (AvgIpc) is 2.81. The van der Waals surface area contributed by atoms with Gasteiger partial charge in [0.25, 0.3) is 0 Å². The van der Waals surface area contributed by atoms with E-state index in [0.717, 1.165) is 45.8 Å². The van der Waals surface area contributed by atoms with Gasteiger partial charge in [-0.25, -0.2) is 0 Å². The molecule has 3 rings (SSSR count). The first-order chi connectivity index (χ1) is 11.1. The van der Waals surface area contributed by atoms with Crippen LogP contribution in [0.3, 0.4) is 0 Å². The van der Waals surface area contributed by atoms with Gasteiger partial charge < -0.3 is 4.79 Å². The van der Waals surface area contributed by atoms with Crippen molar-refractivity contribution in [1.82, 2.24) is 4.57 Å². The maximum Gasteiger partial charge on any atom is 0.231 e. The lowest BCUT2D eigenvalue weighted by Gasteiger charge is -2.21. The Labute approximate surface area is 145 Å². The molecule has 4 heteroatoms. The molecule has 0 unspecified atom stereocenters. The van der Waals surface area contributed by atoms with E-state index < -0.39 is 0 Å². The molecule has 1 aliphatic rings. The number of fused-ring (bicyclic) bond motifs is 1. The first-order valence-electron chi connectivity index (χ1n) is 8.38. The molecule has 2 aromatic rings. The molecule has 0 N–H and O–H groups in total. The fraction of sp³-hybridized carbons (Fsp3) is 0.474. The summed E-state index contributed by atoms with van der Waals surface area (Å²) in [4.78, 5) is 24.0. The molecule has 0 bridgehead atoms. The average molecular weight is 376 g/mol. The number of aromatic nitrogens is 1. The minimum absolute atomic E-state index is 0.166. The molecule has 1 aliphatic carbocycles. The lowest BCUT2D eigenvalue weighted by Crippen LogP contribution is -2.18. The third-order valence-corrected chi connectivity index (χ3v) is 5.51. The van der Waals surface area contributed by atoms with E-state index in [1.165, 1.54) is 19.3 Å². The number of nitrogens with zero attached hydrogens (tertiary/aromatic N) is 1. The number of carbonyl (C=O) groups is 2. The summed E-state index contributed by atoms with van der Waals surface area (Å²) in [5.74, 6) is 0.678. The van der Waals surface area contributed by atoms with Gasteiger partial charge in [0, 0.05) is 28.4 Å². The van der Waals surface area contributed by atoms with E-state index in [4.69, 9.17) is 0 Å². The second-order valence-corrected chi connectivity index (χ2v) is 7.45. The Morgan fingerprint density at radius 3 is 2.74 bits per heavy atom. The number of carbonyl (C=O) groups excluding carboxylic acids is 2. The van der Waals surface area contributed by atoms with Gasteiger partial charge in [-0.05, 0) is 49.4 Å². The summed E-state index contributed by atoms with van der Waals surface area (Å²) < 4.78 is 2.80. The quantitative estimate of drug-likeness (QED) is 0.700.